The van der Waals surface area contributed by atoms with Gasteiger partial charge in [-0.1, -0.05) is 30.3 Å². The van der Waals surface area contributed by atoms with Gasteiger partial charge in [0.25, 0.3) is 0 Å². The van der Waals surface area contributed by atoms with Crippen molar-refractivity contribution in [1.29, 1.82) is 0 Å². The lowest BCUT2D eigenvalue weighted by molar-refractivity contribution is 0.412. The van der Waals surface area contributed by atoms with Crippen molar-refractivity contribution in [3.63, 3.8) is 0 Å². The molecular formula is C19H23N5. The highest BCUT2D eigenvalue weighted by Gasteiger charge is 2.22. The number of aromatic amines is 1. The number of hydrogen-bond donors (Lipinski definition) is 2. The van der Waals surface area contributed by atoms with Crippen LogP contribution in [0.4, 0.5) is 0 Å². The third-order valence-corrected chi connectivity index (χ3v) is 4.84. The van der Waals surface area contributed by atoms with E-state index in [0.717, 1.165) is 25.8 Å². The van der Waals surface area contributed by atoms with Crippen LogP contribution in [0.15, 0.2) is 48.9 Å². The van der Waals surface area contributed by atoms with Crippen LogP contribution in [0.2, 0.25) is 0 Å². The highest BCUT2D eigenvalue weighted by molar-refractivity contribution is 5.22. The largest absolute Gasteiger partial charge is 0.307 e. The molecule has 0 fully saturated rings. The third kappa shape index (κ3) is 3.26. The average molecular weight is 321 g/mol. The van der Waals surface area contributed by atoms with Gasteiger partial charge in [0.05, 0.1) is 18.9 Å². The fourth-order valence-corrected chi connectivity index (χ4v) is 3.47. The molecule has 0 bridgehead atoms. The molecule has 0 saturated carbocycles. The van der Waals surface area contributed by atoms with E-state index in [-0.39, 0.29) is 0 Å². The second-order valence-electron chi connectivity index (χ2n) is 6.66. The Labute approximate surface area is 142 Å². The van der Waals surface area contributed by atoms with Crippen LogP contribution in [0.3, 0.4) is 0 Å². The molecule has 0 radical (unpaired) electrons. The van der Waals surface area contributed by atoms with E-state index in [4.69, 9.17) is 0 Å². The molecule has 0 spiro atoms. The molecule has 2 N–H and O–H groups in total. The summed E-state index contributed by atoms with van der Waals surface area (Å²) in [4.78, 5) is 0. The monoisotopic (exact) mass is 321 g/mol. The Bertz CT molecular complexity index is 789. The number of nitrogens with zero attached hydrogens (tertiary/aromatic N) is 3. The molecule has 1 aliphatic rings. The molecule has 2 atom stereocenters. The summed E-state index contributed by atoms with van der Waals surface area (Å²) >= 11 is 0. The predicted octanol–water partition coefficient (Wildman–Crippen LogP) is 2.86. The molecule has 4 rings (SSSR count). The fourth-order valence-electron chi connectivity index (χ4n) is 3.47. The van der Waals surface area contributed by atoms with Gasteiger partial charge in [0.1, 0.15) is 0 Å². The summed E-state index contributed by atoms with van der Waals surface area (Å²) in [5, 5.41) is 15.5. The summed E-state index contributed by atoms with van der Waals surface area (Å²) in [5.74, 6) is 0. The van der Waals surface area contributed by atoms with E-state index in [1.807, 2.05) is 23.1 Å². The van der Waals surface area contributed by atoms with Gasteiger partial charge in [-0.05, 0) is 37.3 Å². The maximum Gasteiger partial charge on any atom is 0.0659 e. The Hall–Kier alpha value is -2.40. The van der Waals surface area contributed by atoms with Crippen LogP contribution < -0.4 is 5.32 Å². The summed E-state index contributed by atoms with van der Waals surface area (Å²) < 4.78 is 2.01. The average Bonchev–Trinajstić information content (AvgIpc) is 3.24. The zero-order valence-corrected chi connectivity index (χ0v) is 13.9. The number of aryl methyl sites for hydroxylation is 1. The van der Waals surface area contributed by atoms with Gasteiger partial charge in [-0.2, -0.15) is 10.2 Å². The normalized spacial score (nSPS) is 18.3. The number of benzene rings is 1. The van der Waals surface area contributed by atoms with E-state index in [1.165, 1.54) is 22.4 Å². The van der Waals surface area contributed by atoms with E-state index < -0.39 is 0 Å². The molecule has 3 aromatic rings. The third-order valence-electron chi connectivity index (χ3n) is 4.84. The van der Waals surface area contributed by atoms with Crippen LogP contribution in [0.1, 0.15) is 41.8 Å². The van der Waals surface area contributed by atoms with Crippen LogP contribution >= 0.6 is 0 Å². The molecule has 1 aliphatic carbocycles. The van der Waals surface area contributed by atoms with Crippen LogP contribution in [-0.4, -0.2) is 26.0 Å². The Kier molecular flexibility index (Phi) is 4.17. The lowest BCUT2D eigenvalue weighted by Crippen LogP contribution is -2.36. The van der Waals surface area contributed by atoms with Crippen molar-refractivity contribution in [2.75, 3.05) is 0 Å². The summed E-state index contributed by atoms with van der Waals surface area (Å²) in [5.41, 5.74) is 5.17. The van der Waals surface area contributed by atoms with E-state index in [2.05, 4.69) is 58.0 Å². The van der Waals surface area contributed by atoms with E-state index in [1.54, 1.807) is 0 Å². The second kappa shape index (κ2) is 6.61. The first kappa shape index (κ1) is 15.1. The van der Waals surface area contributed by atoms with Gasteiger partial charge < -0.3 is 5.32 Å². The number of nitrogens with one attached hydrogen (secondary N) is 2. The molecule has 24 heavy (non-hydrogen) atoms. The maximum absolute atomic E-state index is 4.51. The SMILES string of the molecule is C[C@@H](N[C@H]1CCc2[nH]ncc2C1)c1cnn(Cc2ccccc2)c1. The molecule has 124 valence electrons. The summed E-state index contributed by atoms with van der Waals surface area (Å²) in [6.45, 7) is 3.03. The Morgan fingerprint density at radius 1 is 1.29 bits per heavy atom. The number of fused-ring (bicyclic) bond motifs is 1. The number of H-pyrrole nitrogens is 1. The Morgan fingerprint density at radius 3 is 3.04 bits per heavy atom. The maximum atomic E-state index is 4.51. The van der Waals surface area contributed by atoms with Crippen LogP contribution in [0, 0.1) is 0 Å². The van der Waals surface area contributed by atoms with Gasteiger partial charge in [0.15, 0.2) is 0 Å². The summed E-state index contributed by atoms with van der Waals surface area (Å²) in [6.07, 6.45) is 9.37. The van der Waals surface area contributed by atoms with Gasteiger partial charge in [0.2, 0.25) is 0 Å². The van der Waals surface area contributed by atoms with Crippen molar-refractivity contribution < 1.29 is 0 Å². The quantitative estimate of drug-likeness (QED) is 0.760. The molecule has 0 unspecified atom stereocenters. The van der Waals surface area contributed by atoms with E-state index in [0.29, 0.717) is 12.1 Å². The van der Waals surface area contributed by atoms with Crippen molar-refractivity contribution in [2.45, 2.75) is 44.8 Å². The van der Waals surface area contributed by atoms with Gasteiger partial charge >= 0.3 is 0 Å². The van der Waals surface area contributed by atoms with Crippen LogP contribution in [-0.2, 0) is 19.4 Å². The van der Waals surface area contributed by atoms with E-state index in [9.17, 15) is 0 Å². The molecule has 0 aliphatic heterocycles. The molecule has 0 saturated heterocycles. The lowest BCUT2D eigenvalue weighted by Gasteiger charge is -2.26. The fraction of sp³-hybridized carbons (Fsp3) is 0.368. The molecule has 5 nitrogen and oxygen atoms in total. The Balaban J connectivity index is 1.38. The molecule has 5 heteroatoms. The number of rotatable bonds is 5. The highest BCUT2D eigenvalue weighted by atomic mass is 15.3. The van der Waals surface area contributed by atoms with Crippen molar-refractivity contribution in [3.05, 3.63) is 71.3 Å². The topological polar surface area (TPSA) is 58.5 Å². The first-order chi connectivity index (χ1) is 11.8. The predicted molar refractivity (Wildman–Crippen MR) is 93.7 cm³/mol. The van der Waals surface area contributed by atoms with Crippen LogP contribution in [0.25, 0.3) is 0 Å². The highest BCUT2D eigenvalue weighted by Crippen LogP contribution is 2.22. The zero-order chi connectivity index (χ0) is 16.4. The van der Waals surface area contributed by atoms with Gasteiger partial charge in [0, 0.05) is 29.5 Å². The molecular weight excluding hydrogens is 298 g/mol. The van der Waals surface area contributed by atoms with Crippen molar-refractivity contribution in [1.82, 2.24) is 25.3 Å². The minimum Gasteiger partial charge on any atom is -0.307 e. The van der Waals surface area contributed by atoms with Crippen LogP contribution in [0.5, 0.6) is 0 Å². The standard InChI is InChI=1S/C19H23N5/c1-14(22-18-7-8-19-16(9-18)10-20-23-19)17-11-21-24(13-17)12-15-5-3-2-4-6-15/h2-6,10-11,13-14,18,22H,7-9,12H2,1H3,(H,20,23)/t14-,18+/m1/s1. The molecule has 2 heterocycles. The van der Waals surface area contributed by atoms with Crippen molar-refractivity contribution >= 4 is 0 Å². The number of hydrogen-bond acceptors (Lipinski definition) is 3. The van der Waals surface area contributed by atoms with Gasteiger partial charge in [-0.3, -0.25) is 9.78 Å². The minimum atomic E-state index is 0.299. The first-order valence-corrected chi connectivity index (χ1v) is 8.61. The second-order valence-corrected chi connectivity index (χ2v) is 6.66. The van der Waals surface area contributed by atoms with Crippen molar-refractivity contribution in [3.8, 4) is 0 Å². The molecule has 0 amide bonds. The lowest BCUT2D eigenvalue weighted by atomic mass is 9.93. The Morgan fingerprint density at radius 2 is 2.17 bits per heavy atom. The molecule has 2 aromatic heterocycles. The minimum absolute atomic E-state index is 0.299. The van der Waals surface area contributed by atoms with Gasteiger partial charge in [-0.25, -0.2) is 0 Å². The summed E-state index contributed by atoms with van der Waals surface area (Å²) in [6, 6.07) is 11.2. The first-order valence-electron chi connectivity index (χ1n) is 8.61. The number of aromatic nitrogens is 4. The zero-order valence-electron chi connectivity index (χ0n) is 13.9. The summed E-state index contributed by atoms with van der Waals surface area (Å²) in [7, 11) is 0. The van der Waals surface area contributed by atoms with Crippen molar-refractivity contribution in [2.24, 2.45) is 0 Å². The van der Waals surface area contributed by atoms with E-state index >= 15 is 0 Å². The van der Waals surface area contributed by atoms with Gasteiger partial charge in [-0.15, -0.1) is 0 Å². The molecule has 1 aromatic carbocycles. The smallest absolute Gasteiger partial charge is 0.0659 e.